The van der Waals surface area contributed by atoms with E-state index in [1.165, 1.54) is 0 Å². The molecule has 0 spiro atoms. The van der Waals surface area contributed by atoms with Crippen molar-refractivity contribution in [3.05, 3.63) is 90.0 Å². The lowest BCUT2D eigenvalue weighted by atomic mass is 10.0. The third-order valence-electron chi connectivity index (χ3n) is 4.56. The number of rotatable bonds is 3. The fourth-order valence-electron chi connectivity index (χ4n) is 3.36. The van der Waals surface area contributed by atoms with Gasteiger partial charge in [0.2, 0.25) is 0 Å². The quantitative estimate of drug-likeness (QED) is 0.801. The number of urea groups is 1. The molecule has 1 aliphatic heterocycles. The minimum atomic E-state index is -0.0753. The first-order valence-corrected chi connectivity index (χ1v) is 8.47. The van der Waals surface area contributed by atoms with E-state index >= 15 is 0 Å². The average molecular weight is 332 g/mol. The Morgan fingerprint density at radius 1 is 1.04 bits per heavy atom. The lowest BCUT2D eigenvalue weighted by molar-refractivity contribution is 0.168. The third kappa shape index (κ3) is 3.13. The first kappa shape index (κ1) is 15.4. The number of fused-ring (bicyclic) bond motifs is 1. The highest BCUT2D eigenvalue weighted by Gasteiger charge is 2.31. The molecule has 1 atom stereocenters. The van der Waals surface area contributed by atoms with Gasteiger partial charge >= 0.3 is 6.03 Å². The second-order valence-corrected chi connectivity index (χ2v) is 6.11. The molecule has 25 heavy (non-hydrogen) atoms. The zero-order chi connectivity index (χ0) is 17.1. The molecule has 3 heterocycles. The third-order valence-corrected chi connectivity index (χ3v) is 4.56. The summed E-state index contributed by atoms with van der Waals surface area (Å²) < 4.78 is 2.22. The van der Waals surface area contributed by atoms with Crippen LogP contribution in [0.2, 0.25) is 0 Å². The Hall–Kier alpha value is -3.08. The number of carbonyl (C=O) groups excluding carboxylic acids is 1. The maximum absolute atomic E-state index is 12.9. The van der Waals surface area contributed by atoms with Crippen molar-refractivity contribution in [1.29, 1.82) is 0 Å². The Kier molecular flexibility index (Phi) is 4.21. The molecule has 3 aromatic rings. The van der Waals surface area contributed by atoms with Crippen molar-refractivity contribution >= 4 is 6.03 Å². The molecule has 5 heteroatoms. The minimum absolute atomic E-state index is 0.0630. The van der Waals surface area contributed by atoms with Crippen LogP contribution in [0.1, 0.15) is 23.0 Å². The molecular weight excluding hydrogens is 312 g/mol. The van der Waals surface area contributed by atoms with Crippen molar-refractivity contribution in [3.8, 4) is 0 Å². The maximum Gasteiger partial charge on any atom is 0.318 e. The van der Waals surface area contributed by atoms with E-state index in [1.54, 1.807) is 6.20 Å². The van der Waals surface area contributed by atoms with Gasteiger partial charge in [0.25, 0.3) is 0 Å². The Morgan fingerprint density at radius 3 is 2.68 bits per heavy atom. The molecule has 5 nitrogen and oxygen atoms in total. The van der Waals surface area contributed by atoms with Crippen LogP contribution >= 0.6 is 0 Å². The molecule has 2 amide bonds. The highest BCUT2D eigenvalue weighted by atomic mass is 16.2. The normalized spacial score (nSPS) is 16.3. The topological polar surface area (TPSA) is 50.2 Å². The Bertz CT molecular complexity index is 844. The molecule has 2 aromatic heterocycles. The van der Waals surface area contributed by atoms with E-state index in [9.17, 15) is 4.79 Å². The molecule has 0 radical (unpaired) electrons. The van der Waals surface area contributed by atoms with Crippen molar-refractivity contribution in [2.75, 3.05) is 6.54 Å². The number of pyridine rings is 1. The van der Waals surface area contributed by atoms with Crippen molar-refractivity contribution in [2.45, 2.75) is 19.1 Å². The molecule has 0 unspecified atom stereocenters. The Morgan fingerprint density at radius 2 is 1.88 bits per heavy atom. The van der Waals surface area contributed by atoms with E-state index in [2.05, 4.69) is 39.3 Å². The van der Waals surface area contributed by atoms with Crippen LogP contribution in [0.15, 0.2) is 73.1 Å². The summed E-state index contributed by atoms with van der Waals surface area (Å²) in [7, 11) is 0. The van der Waals surface area contributed by atoms with E-state index in [4.69, 9.17) is 0 Å². The van der Waals surface area contributed by atoms with E-state index in [1.807, 2.05) is 47.4 Å². The van der Waals surface area contributed by atoms with Crippen molar-refractivity contribution in [2.24, 2.45) is 0 Å². The lowest BCUT2D eigenvalue weighted by Gasteiger charge is -2.37. The van der Waals surface area contributed by atoms with Crippen molar-refractivity contribution in [3.63, 3.8) is 0 Å². The first-order valence-electron chi connectivity index (χ1n) is 8.47. The monoisotopic (exact) mass is 332 g/mol. The second-order valence-electron chi connectivity index (χ2n) is 6.11. The van der Waals surface area contributed by atoms with Gasteiger partial charge in [-0.05, 0) is 29.8 Å². The molecule has 1 aromatic carbocycles. The number of hydrogen-bond acceptors (Lipinski definition) is 2. The zero-order valence-corrected chi connectivity index (χ0v) is 13.9. The van der Waals surface area contributed by atoms with E-state index in [0.29, 0.717) is 13.1 Å². The number of hydrogen-bond donors (Lipinski definition) is 1. The number of nitrogens with one attached hydrogen (secondary N) is 1. The van der Waals surface area contributed by atoms with Gasteiger partial charge in [-0.3, -0.25) is 4.98 Å². The van der Waals surface area contributed by atoms with Gasteiger partial charge in [0.1, 0.15) is 0 Å². The van der Waals surface area contributed by atoms with Crippen LogP contribution in [0.3, 0.4) is 0 Å². The summed E-state index contributed by atoms with van der Waals surface area (Å²) in [5.41, 5.74) is 3.12. The van der Waals surface area contributed by atoms with Gasteiger partial charge in [0.15, 0.2) is 0 Å². The van der Waals surface area contributed by atoms with Crippen LogP contribution in [-0.4, -0.2) is 27.0 Å². The summed E-state index contributed by atoms with van der Waals surface area (Å²) >= 11 is 0. The molecule has 1 N–H and O–H groups in total. The van der Waals surface area contributed by atoms with Gasteiger partial charge < -0.3 is 14.8 Å². The molecule has 126 valence electrons. The summed E-state index contributed by atoms with van der Waals surface area (Å²) in [6.45, 7) is 1.91. The van der Waals surface area contributed by atoms with Gasteiger partial charge in [0.05, 0.1) is 18.3 Å². The van der Waals surface area contributed by atoms with Gasteiger partial charge in [0, 0.05) is 31.2 Å². The number of nitrogens with zero attached hydrogens (tertiary/aromatic N) is 3. The lowest BCUT2D eigenvalue weighted by Crippen LogP contribution is -2.47. The Labute approximate surface area is 146 Å². The average Bonchev–Trinajstić information content (AvgIpc) is 3.15. The van der Waals surface area contributed by atoms with Crippen LogP contribution in [0.5, 0.6) is 0 Å². The molecule has 0 saturated carbocycles. The van der Waals surface area contributed by atoms with Crippen LogP contribution < -0.4 is 5.32 Å². The molecule has 0 fully saturated rings. The number of aromatic nitrogens is 2. The molecule has 0 bridgehead atoms. The SMILES string of the molecule is O=C(NCc1ccccn1)N1CCn2cccc2[C@@H]1c1ccccc1. The smallest absolute Gasteiger partial charge is 0.318 e. The van der Waals surface area contributed by atoms with E-state index in [0.717, 1.165) is 23.5 Å². The van der Waals surface area contributed by atoms with Crippen molar-refractivity contribution in [1.82, 2.24) is 19.8 Å². The number of amides is 2. The minimum Gasteiger partial charge on any atom is -0.348 e. The summed E-state index contributed by atoms with van der Waals surface area (Å²) in [5.74, 6) is 0. The van der Waals surface area contributed by atoms with E-state index in [-0.39, 0.29) is 12.1 Å². The van der Waals surface area contributed by atoms with Gasteiger partial charge in [-0.2, -0.15) is 0 Å². The summed E-state index contributed by atoms with van der Waals surface area (Å²) in [4.78, 5) is 19.0. The second kappa shape index (κ2) is 6.81. The molecule has 1 aliphatic rings. The van der Waals surface area contributed by atoms with Crippen LogP contribution in [-0.2, 0) is 13.1 Å². The summed E-state index contributed by atoms with van der Waals surface area (Å²) in [6.07, 6.45) is 3.82. The summed E-state index contributed by atoms with van der Waals surface area (Å²) in [5, 5.41) is 3.01. The highest BCUT2D eigenvalue weighted by molar-refractivity contribution is 5.75. The van der Waals surface area contributed by atoms with Crippen molar-refractivity contribution < 1.29 is 4.79 Å². The predicted octanol–water partition coefficient (Wildman–Crippen LogP) is 3.20. The fraction of sp³-hybridized carbons (Fsp3) is 0.200. The molecule has 4 rings (SSSR count). The summed E-state index contributed by atoms with van der Waals surface area (Å²) in [6, 6.07) is 19.9. The molecule has 0 saturated heterocycles. The fourth-order valence-corrected chi connectivity index (χ4v) is 3.36. The zero-order valence-electron chi connectivity index (χ0n) is 13.9. The number of carbonyl (C=O) groups is 1. The molecule has 0 aliphatic carbocycles. The van der Waals surface area contributed by atoms with Crippen LogP contribution in [0.4, 0.5) is 4.79 Å². The van der Waals surface area contributed by atoms with Crippen LogP contribution in [0.25, 0.3) is 0 Å². The Balaban J connectivity index is 1.58. The van der Waals surface area contributed by atoms with Gasteiger partial charge in [-0.15, -0.1) is 0 Å². The van der Waals surface area contributed by atoms with E-state index < -0.39 is 0 Å². The van der Waals surface area contributed by atoms with Gasteiger partial charge in [-0.25, -0.2) is 4.79 Å². The largest absolute Gasteiger partial charge is 0.348 e. The standard InChI is InChI=1S/C20H20N4O/c25-20(22-15-17-9-4-5-11-21-17)24-14-13-23-12-6-10-18(23)19(24)16-7-2-1-3-8-16/h1-12,19H,13-15H2,(H,22,25)/t19-/m0/s1. The van der Waals surface area contributed by atoms with Crippen LogP contribution in [0, 0.1) is 0 Å². The molecular formula is C20H20N4O. The predicted molar refractivity (Wildman–Crippen MR) is 95.9 cm³/mol. The maximum atomic E-state index is 12.9. The highest BCUT2D eigenvalue weighted by Crippen LogP contribution is 2.32. The van der Waals surface area contributed by atoms with Gasteiger partial charge in [-0.1, -0.05) is 36.4 Å². The first-order chi connectivity index (χ1) is 12.3. The number of benzene rings is 1.